The van der Waals surface area contributed by atoms with Crippen molar-refractivity contribution in [2.75, 3.05) is 19.8 Å². The highest BCUT2D eigenvalue weighted by Gasteiger charge is 2.23. The molecule has 192 valence electrons. The van der Waals surface area contributed by atoms with Crippen molar-refractivity contribution in [1.29, 1.82) is 0 Å². The van der Waals surface area contributed by atoms with E-state index in [1.54, 1.807) is 0 Å². The van der Waals surface area contributed by atoms with Crippen molar-refractivity contribution in [2.24, 2.45) is 5.92 Å². The molecule has 35 heavy (non-hydrogen) atoms. The molecule has 0 unspecified atom stereocenters. The molecule has 0 atom stereocenters. The van der Waals surface area contributed by atoms with Crippen LogP contribution in [-0.4, -0.2) is 19.8 Å². The van der Waals surface area contributed by atoms with Gasteiger partial charge in [-0.25, -0.2) is 0 Å². The molecule has 0 aromatic heterocycles. The third-order valence-corrected chi connectivity index (χ3v) is 6.87. The first-order valence-electron chi connectivity index (χ1n) is 14.0. The highest BCUT2D eigenvalue weighted by Crippen LogP contribution is 2.30. The lowest BCUT2D eigenvalue weighted by Gasteiger charge is -2.29. The fraction of sp³-hybridized carbons (Fsp3) is 0.562. The Kier molecular flexibility index (Phi) is 13.0. The lowest BCUT2D eigenvalue weighted by molar-refractivity contribution is -0.206. The summed E-state index contributed by atoms with van der Waals surface area (Å²) in [5.41, 5.74) is 3.49. The predicted molar refractivity (Wildman–Crippen MR) is 147 cm³/mol. The minimum Gasteiger partial charge on any atom is -0.494 e. The Bertz CT molecular complexity index is 804. The van der Waals surface area contributed by atoms with Gasteiger partial charge in [0.1, 0.15) is 5.75 Å². The Labute approximate surface area is 213 Å². The van der Waals surface area contributed by atoms with Crippen molar-refractivity contribution in [3.05, 3.63) is 66.7 Å². The van der Waals surface area contributed by atoms with E-state index in [1.165, 1.54) is 75.3 Å². The number of unbranched alkanes of at least 4 members (excludes halogenated alkanes) is 9. The van der Waals surface area contributed by atoms with E-state index in [2.05, 4.69) is 62.0 Å². The van der Waals surface area contributed by atoms with Crippen LogP contribution in [0.2, 0.25) is 0 Å². The van der Waals surface area contributed by atoms with Gasteiger partial charge in [0, 0.05) is 11.5 Å². The number of hydrogen-bond acceptors (Lipinski definition) is 3. The normalized spacial score (nSPS) is 17.9. The Balaban J connectivity index is 1.34. The highest BCUT2D eigenvalue weighted by molar-refractivity contribution is 5.64. The standard InChI is InChI=1S/C32H46O3/c1-3-5-7-9-10-11-12-13-15-27-25-34-32(35-26-27)30-18-16-28(17-19-30)29-20-22-31(23-21-29)33-24-14-8-6-4-2/h3,16-23,27,32H,1,4-15,24-26H2,2H3/t27-,32-. The molecule has 0 bridgehead atoms. The third-order valence-electron chi connectivity index (χ3n) is 6.87. The first-order chi connectivity index (χ1) is 17.3. The fourth-order valence-corrected chi connectivity index (χ4v) is 4.63. The first kappa shape index (κ1) is 27.5. The van der Waals surface area contributed by atoms with E-state index in [4.69, 9.17) is 14.2 Å². The molecule has 2 aromatic rings. The SMILES string of the molecule is C=CCCCCCCCC[C@H]1CO[C@H](c2ccc(-c3ccc(OCCCCCC)cc3)cc2)OC1. The molecule has 1 aliphatic heterocycles. The van der Waals surface area contributed by atoms with Crippen LogP contribution in [0.3, 0.4) is 0 Å². The van der Waals surface area contributed by atoms with Crippen LogP contribution in [-0.2, 0) is 9.47 Å². The van der Waals surface area contributed by atoms with Crippen LogP contribution < -0.4 is 4.74 Å². The van der Waals surface area contributed by atoms with E-state index in [1.807, 2.05) is 6.08 Å². The van der Waals surface area contributed by atoms with Crippen molar-refractivity contribution in [3.63, 3.8) is 0 Å². The van der Waals surface area contributed by atoms with E-state index in [0.717, 1.165) is 44.0 Å². The number of hydrogen-bond donors (Lipinski definition) is 0. The van der Waals surface area contributed by atoms with E-state index in [-0.39, 0.29) is 6.29 Å². The van der Waals surface area contributed by atoms with Crippen LogP contribution in [0.1, 0.15) is 95.8 Å². The minimum atomic E-state index is -0.242. The summed E-state index contributed by atoms with van der Waals surface area (Å²) in [5.74, 6) is 1.47. The van der Waals surface area contributed by atoms with Crippen LogP contribution in [0, 0.1) is 5.92 Å². The number of ether oxygens (including phenoxy) is 3. The van der Waals surface area contributed by atoms with Gasteiger partial charge in [-0.2, -0.15) is 0 Å². The molecular formula is C32H46O3. The molecule has 0 spiro atoms. The molecule has 1 aliphatic rings. The van der Waals surface area contributed by atoms with Gasteiger partial charge in [0.05, 0.1) is 19.8 Å². The van der Waals surface area contributed by atoms with Crippen LogP contribution >= 0.6 is 0 Å². The zero-order valence-electron chi connectivity index (χ0n) is 21.9. The van der Waals surface area contributed by atoms with Gasteiger partial charge in [0.25, 0.3) is 0 Å². The summed E-state index contributed by atoms with van der Waals surface area (Å²) < 4.78 is 18.0. The average molecular weight is 479 g/mol. The molecular weight excluding hydrogens is 432 g/mol. The van der Waals surface area contributed by atoms with Crippen molar-refractivity contribution in [2.45, 2.75) is 90.3 Å². The van der Waals surface area contributed by atoms with E-state index in [0.29, 0.717) is 5.92 Å². The smallest absolute Gasteiger partial charge is 0.183 e. The summed E-state index contributed by atoms with van der Waals surface area (Å²) in [6.45, 7) is 8.41. The largest absolute Gasteiger partial charge is 0.494 e. The van der Waals surface area contributed by atoms with E-state index < -0.39 is 0 Å². The van der Waals surface area contributed by atoms with Gasteiger partial charge in [-0.15, -0.1) is 6.58 Å². The number of benzene rings is 2. The van der Waals surface area contributed by atoms with Crippen LogP contribution in [0.25, 0.3) is 11.1 Å². The monoisotopic (exact) mass is 478 g/mol. The summed E-state index contributed by atoms with van der Waals surface area (Å²) in [6.07, 6.45) is 17.0. The van der Waals surface area contributed by atoms with Gasteiger partial charge >= 0.3 is 0 Å². The van der Waals surface area contributed by atoms with Crippen LogP contribution in [0.15, 0.2) is 61.2 Å². The topological polar surface area (TPSA) is 27.7 Å². The summed E-state index contributed by atoms with van der Waals surface area (Å²) in [5, 5.41) is 0. The Morgan fingerprint density at radius 2 is 1.37 bits per heavy atom. The molecule has 1 saturated heterocycles. The van der Waals surface area contributed by atoms with Crippen LogP contribution in [0.4, 0.5) is 0 Å². The van der Waals surface area contributed by atoms with E-state index in [9.17, 15) is 0 Å². The maximum atomic E-state index is 6.07. The van der Waals surface area contributed by atoms with Crippen molar-refractivity contribution >= 4 is 0 Å². The zero-order valence-corrected chi connectivity index (χ0v) is 21.9. The maximum Gasteiger partial charge on any atom is 0.183 e. The Morgan fingerprint density at radius 1 is 0.771 bits per heavy atom. The fourth-order valence-electron chi connectivity index (χ4n) is 4.63. The van der Waals surface area contributed by atoms with Gasteiger partial charge in [-0.3, -0.25) is 0 Å². The molecule has 0 saturated carbocycles. The second kappa shape index (κ2) is 16.5. The van der Waals surface area contributed by atoms with Crippen molar-refractivity contribution < 1.29 is 14.2 Å². The quantitative estimate of drug-likeness (QED) is 0.167. The van der Waals surface area contributed by atoms with Gasteiger partial charge < -0.3 is 14.2 Å². The lowest BCUT2D eigenvalue weighted by Crippen LogP contribution is -2.27. The summed E-state index contributed by atoms with van der Waals surface area (Å²) in [4.78, 5) is 0. The highest BCUT2D eigenvalue weighted by atomic mass is 16.7. The lowest BCUT2D eigenvalue weighted by atomic mass is 10.00. The molecule has 2 aromatic carbocycles. The average Bonchev–Trinajstić information content (AvgIpc) is 2.91. The molecule has 3 rings (SSSR count). The predicted octanol–water partition coefficient (Wildman–Crippen LogP) is 9.28. The molecule has 1 heterocycles. The van der Waals surface area contributed by atoms with Gasteiger partial charge in [-0.05, 0) is 48.9 Å². The molecule has 0 amide bonds. The summed E-state index contributed by atoms with van der Waals surface area (Å²) in [7, 11) is 0. The maximum absolute atomic E-state index is 6.07. The van der Waals surface area contributed by atoms with Gasteiger partial charge in [-0.1, -0.05) is 101 Å². The summed E-state index contributed by atoms with van der Waals surface area (Å²) >= 11 is 0. The van der Waals surface area contributed by atoms with Crippen molar-refractivity contribution in [1.82, 2.24) is 0 Å². The van der Waals surface area contributed by atoms with Gasteiger partial charge in [0.15, 0.2) is 6.29 Å². The second-order valence-electron chi connectivity index (χ2n) is 9.91. The molecule has 0 aliphatic carbocycles. The minimum absolute atomic E-state index is 0.242. The molecule has 3 heteroatoms. The number of rotatable bonds is 17. The third kappa shape index (κ3) is 10.2. The molecule has 0 radical (unpaired) electrons. The summed E-state index contributed by atoms with van der Waals surface area (Å²) in [6, 6.07) is 17.0. The first-order valence-corrected chi connectivity index (χ1v) is 14.0. The molecule has 3 nitrogen and oxygen atoms in total. The van der Waals surface area contributed by atoms with E-state index >= 15 is 0 Å². The zero-order chi connectivity index (χ0) is 24.6. The molecule has 1 fully saturated rings. The molecule has 0 N–H and O–H groups in total. The Morgan fingerprint density at radius 3 is 2.03 bits per heavy atom. The van der Waals surface area contributed by atoms with Crippen LogP contribution in [0.5, 0.6) is 5.75 Å². The van der Waals surface area contributed by atoms with Crippen molar-refractivity contribution in [3.8, 4) is 16.9 Å². The van der Waals surface area contributed by atoms with Gasteiger partial charge in [0.2, 0.25) is 0 Å². The Hall–Kier alpha value is -2.10. The second-order valence-corrected chi connectivity index (χ2v) is 9.91. The number of allylic oxidation sites excluding steroid dienone is 1.